The van der Waals surface area contributed by atoms with Crippen molar-refractivity contribution in [3.8, 4) is 0 Å². The molecule has 1 N–H and O–H groups in total. The van der Waals surface area contributed by atoms with E-state index in [0.717, 1.165) is 11.6 Å². The summed E-state index contributed by atoms with van der Waals surface area (Å²) in [5.41, 5.74) is 3.89. The van der Waals surface area contributed by atoms with Crippen LogP contribution < -0.4 is 5.32 Å². The van der Waals surface area contributed by atoms with Crippen molar-refractivity contribution in [3.05, 3.63) is 70.3 Å². The minimum atomic E-state index is -0.406. The Bertz CT molecular complexity index is 608. The Balaban J connectivity index is 2.28. The first-order valence-electron chi connectivity index (χ1n) is 6.69. The average Bonchev–Trinajstić information content (AvgIpc) is 2.43. The Morgan fingerprint density at radius 3 is 2.40 bits per heavy atom. The molecule has 2 aromatic rings. The van der Waals surface area contributed by atoms with E-state index in [0.29, 0.717) is 12.0 Å². The molecule has 3 heteroatoms. The van der Waals surface area contributed by atoms with Gasteiger partial charge in [0, 0.05) is 6.04 Å². The highest BCUT2D eigenvalue weighted by Crippen LogP contribution is 2.22. The van der Waals surface area contributed by atoms with Crippen molar-refractivity contribution in [1.82, 2.24) is 5.32 Å². The van der Waals surface area contributed by atoms with Gasteiger partial charge in [0.25, 0.3) is 0 Å². The summed E-state index contributed by atoms with van der Waals surface area (Å²) in [4.78, 5) is 0. The number of hydrogen-bond donors (Lipinski definition) is 1. The molecule has 1 unspecified atom stereocenters. The molecule has 0 aliphatic carbocycles. The SMILES string of the molecule is CNC(Cc1cc(F)ccc1F)c1ccc(C)c(C)c1. The lowest BCUT2D eigenvalue weighted by atomic mass is 9.96. The van der Waals surface area contributed by atoms with Gasteiger partial charge >= 0.3 is 0 Å². The zero-order valence-corrected chi connectivity index (χ0v) is 12.0. The van der Waals surface area contributed by atoms with Crippen LogP contribution in [0.1, 0.15) is 28.3 Å². The number of aryl methyl sites for hydroxylation is 2. The van der Waals surface area contributed by atoms with Crippen molar-refractivity contribution >= 4 is 0 Å². The first-order valence-corrected chi connectivity index (χ1v) is 6.69. The highest BCUT2D eigenvalue weighted by atomic mass is 19.1. The lowest BCUT2D eigenvalue weighted by Gasteiger charge is -2.18. The third kappa shape index (κ3) is 3.23. The van der Waals surface area contributed by atoms with Gasteiger partial charge in [0.15, 0.2) is 0 Å². The summed E-state index contributed by atoms with van der Waals surface area (Å²) in [7, 11) is 1.83. The average molecular weight is 275 g/mol. The molecule has 0 saturated heterocycles. The fraction of sp³-hybridized carbons (Fsp3) is 0.294. The molecule has 0 heterocycles. The molecular weight excluding hydrogens is 256 g/mol. The third-order valence-corrected chi connectivity index (χ3v) is 3.71. The molecule has 0 fully saturated rings. The molecule has 1 atom stereocenters. The van der Waals surface area contributed by atoms with E-state index in [1.54, 1.807) is 0 Å². The standard InChI is InChI=1S/C17H19F2N/c1-11-4-5-13(8-12(11)2)17(20-3)10-14-9-15(18)6-7-16(14)19/h4-9,17,20H,10H2,1-3H3. The van der Waals surface area contributed by atoms with E-state index >= 15 is 0 Å². The number of nitrogens with one attached hydrogen (secondary N) is 1. The zero-order chi connectivity index (χ0) is 14.7. The maximum atomic E-state index is 13.7. The van der Waals surface area contributed by atoms with Crippen LogP contribution in [0, 0.1) is 25.5 Å². The summed E-state index contributed by atoms with van der Waals surface area (Å²) in [6, 6.07) is 9.72. The first kappa shape index (κ1) is 14.7. The highest BCUT2D eigenvalue weighted by molar-refractivity contribution is 5.33. The van der Waals surface area contributed by atoms with Crippen molar-refractivity contribution in [3.63, 3.8) is 0 Å². The molecule has 0 spiro atoms. The number of benzene rings is 2. The fourth-order valence-electron chi connectivity index (χ4n) is 2.29. The summed E-state index contributed by atoms with van der Waals surface area (Å²) in [6.07, 6.45) is 0.419. The van der Waals surface area contributed by atoms with Gasteiger partial charge in [0.05, 0.1) is 0 Å². The topological polar surface area (TPSA) is 12.0 Å². The lowest BCUT2D eigenvalue weighted by molar-refractivity contribution is 0.543. The van der Waals surface area contributed by atoms with Gasteiger partial charge < -0.3 is 5.32 Å². The summed E-state index contributed by atoms with van der Waals surface area (Å²) in [5.74, 6) is -0.771. The van der Waals surface area contributed by atoms with Crippen LogP contribution in [0.25, 0.3) is 0 Å². The van der Waals surface area contributed by atoms with Crippen LogP contribution in [-0.2, 0) is 6.42 Å². The van der Waals surface area contributed by atoms with Crippen molar-refractivity contribution < 1.29 is 8.78 Å². The van der Waals surface area contributed by atoms with Crippen LogP contribution >= 0.6 is 0 Å². The van der Waals surface area contributed by atoms with Gasteiger partial charge in [0.2, 0.25) is 0 Å². The van der Waals surface area contributed by atoms with Gasteiger partial charge in [-0.15, -0.1) is 0 Å². The monoisotopic (exact) mass is 275 g/mol. The lowest BCUT2D eigenvalue weighted by Crippen LogP contribution is -2.19. The molecule has 2 rings (SSSR count). The largest absolute Gasteiger partial charge is 0.313 e. The quantitative estimate of drug-likeness (QED) is 0.886. The molecule has 0 saturated carbocycles. The fourth-order valence-corrected chi connectivity index (χ4v) is 2.29. The van der Waals surface area contributed by atoms with E-state index in [1.807, 2.05) is 20.0 Å². The van der Waals surface area contributed by atoms with Gasteiger partial charge in [-0.25, -0.2) is 8.78 Å². The summed E-state index contributed by atoms with van der Waals surface area (Å²) >= 11 is 0. The molecular formula is C17H19F2N. The van der Waals surface area contributed by atoms with E-state index in [9.17, 15) is 8.78 Å². The van der Waals surface area contributed by atoms with Crippen LogP contribution in [0.3, 0.4) is 0 Å². The van der Waals surface area contributed by atoms with E-state index in [-0.39, 0.29) is 11.9 Å². The Morgan fingerprint density at radius 2 is 1.75 bits per heavy atom. The predicted octanol–water partition coefficient (Wildman–Crippen LogP) is 4.08. The molecule has 0 bridgehead atoms. The van der Waals surface area contributed by atoms with Gasteiger partial charge in [-0.2, -0.15) is 0 Å². The van der Waals surface area contributed by atoms with Gasteiger partial charge in [0.1, 0.15) is 11.6 Å². The Hall–Kier alpha value is -1.74. The van der Waals surface area contributed by atoms with Gasteiger partial charge in [-0.1, -0.05) is 18.2 Å². The Kier molecular flexibility index (Phi) is 4.50. The van der Waals surface area contributed by atoms with Crippen LogP contribution in [-0.4, -0.2) is 7.05 Å². The van der Waals surface area contributed by atoms with E-state index in [2.05, 4.69) is 24.4 Å². The number of halogens is 2. The summed E-state index contributed by atoms with van der Waals surface area (Å²) < 4.78 is 27.0. The maximum absolute atomic E-state index is 13.7. The maximum Gasteiger partial charge on any atom is 0.126 e. The Morgan fingerprint density at radius 1 is 1.00 bits per heavy atom. The van der Waals surface area contributed by atoms with Crippen LogP contribution in [0.15, 0.2) is 36.4 Å². The molecule has 1 nitrogen and oxygen atoms in total. The molecule has 20 heavy (non-hydrogen) atoms. The van der Waals surface area contributed by atoms with Crippen LogP contribution in [0.5, 0.6) is 0 Å². The minimum absolute atomic E-state index is 0.0365. The van der Waals surface area contributed by atoms with Crippen LogP contribution in [0.2, 0.25) is 0 Å². The van der Waals surface area contributed by atoms with Gasteiger partial charge in [-0.3, -0.25) is 0 Å². The smallest absolute Gasteiger partial charge is 0.126 e. The molecule has 0 aromatic heterocycles. The Labute approximate surface area is 118 Å². The number of hydrogen-bond acceptors (Lipinski definition) is 1. The molecule has 2 aromatic carbocycles. The third-order valence-electron chi connectivity index (χ3n) is 3.71. The highest BCUT2D eigenvalue weighted by Gasteiger charge is 2.14. The molecule has 0 aliphatic heterocycles. The van der Waals surface area contributed by atoms with Crippen molar-refractivity contribution in [2.75, 3.05) is 7.05 Å². The van der Waals surface area contributed by atoms with E-state index in [4.69, 9.17) is 0 Å². The van der Waals surface area contributed by atoms with E-state index < -0.39 is 5.82 Å². The molecule has 0 radical (unpaired) electrons. The predicted molar refractivity (Wildman–Crippen MR) is 77.8 cm³/mol. The molecule has 106 valence electrons. The second-order valence-electron chi connectivity index (χ2n) is 5.12. The van der Waals surface area contributed by atoms with Crippen molar-refractivity contribution in [2.24, 2.45) is 0 Å². The van der Waals surface area contributed by atoms with Crippen molar-refractivity contribution in [2.45, 2.75) is 26.3 Å². The normalized spacial score (nSPS) is 12.4. The second kappa shape index (κ2) is 6.14. The first-order chi connectivity index (χ1) is 9.51. The second-order valence-corrected chi connectivity index (χ2v) is 5.12. The number of rotatable bonds is 4. The molecule has 0 amide bonds. The van der Waals surface area contributed by atoms with Crippen molar-refractivity contribution in [1.29, 1.82) is 0 Å². The zero-order valence-electron chi connectivity index (χ0n) is 12.0. The molecule has 0 aliphatic rings. The summed E-state index contributed by atoms with van der Waals surface area (Å²) in [6.45, 7) is 4.11. The van der Waals surface area contributed by atoms with E-state index in [1.165, 1.54) is 23.3 Å². The minimum Gasteiger partial charge on any atom is -0.313 e. The summed E-state index contributed by atoms with van der Waals surface area (Å²) in [5, 5.41) is 3.17. The number of likely N-dealkylation sites (N-methyl/N-ethyl adjacent to an activating group) is 1. The van der Waals surface area contributed by atoms with Gasteiger partial charge in [-0.05, 0) is 67.8 Å². The van der Waals surface area contributed by atoms with Crippen LogP contribution in [0.4, 0.5) is 8.78 Å².